The van der Waals surface area contributed by atoms with Crippen molar-refractivity contribution in [1.82, 2.24) is 4.98 Å². The number of nitrogens with zero attached hydrogens (tertiary/aromatic N) is 2. The average molecular weight is 287 g/mol. The lowest BCUT2D eigenvalue weighted by Gasteiger charge is -2.39. The van der Waals surface area contributed by atoms with Crippen LogP contribution in [0.5, 0.6) is 0 Å². The molecule has 0 saturated carbocycles. The van der Waals surface area contributed by atoms with Crippen molar-refractivity contribution in [3.05, 3.63) is 23.4 Å². The Morgan fingerprint density at radius 3 is 2.65 bits per heavy atom. The molecule has 0 aromatic carbocycles. The number of halogens is 3. The van der Waals surface area contributed by atoms with Crippen molar-refractivity contribution in [2.75, 3.05) is 11.4 Å². The number of hydrogen-bond acceptors (Lipinski definition) is 3. The Morgan fingerprint density at radius 1 is 1.35 bits per heavy atom. The molecule has 112 valence electrons. The Morgan fingerprint density at radius 2 is 2.05 bits per heavy atom. The summed E-state index contributed by atoms with van der Waals surface area (Å²) in [4.78, 5) is 5.81. The summed E-state index contributed by atoms with van der Waals surface area (Å²) in [7, 11) is 0. The van der Waals surface area contributed by atoms with E-state index in [0.29, 0.717) is 17.3 Å². The molecule has 0 spiro atoms. The molecule has 0 aliphatic carbocycles. The van der Waals surface area contributed by atoms with Gasteiger partial charge in [0.2, 0.25) is 0 Å². The number of nitrogens with two attached hydrogens (primary N) is 1. The van der Waals surface area contributed by atoms with Gasteiger partial charge in [-0.2, -0.15) is 13.2 Å². The van der Waals surface area contributed by atoms with Crippen LogP contribution in [0.15, 0.2) is 12.1 Å². The largest absolute Gasteiger partial charge is 0.433 e. The molecular formula is C14H20F3N3. The highest BCUT2D eigenvalue weighted by Gasteiger charge is 2.34. The first kappa shape index (κ1) is 15.1. The molecule has 2 heterocycles. The van der Waals surface area contributed by atoms with E-state index in [0.717, 1.165) is 25.5 Å². The molecule has 1 aromatic heterocycles. The summed E-state index contributed by atoms with van der Waals surface area (Å²) >= 11 is 0. The second-order valence-corrected chi connectivity index (χ2v) is 5.43. The average Bonchev–Trinajstić information content (AvgIpc) is 2.40. The van der Waals surface area contributed by atoms with Crippen LogP contribution in [0, 0.1) is 5.92 Å². The zero-order valence-electron chi connectivity index (χ0n) is 11.7. The van der Waals surface area contributed by atoms with Crippen molar-refractivity contribution in [2.24, 2.45) is 11.7 Å². The molecule has 2 rings (SSSR count). The minimum Gasteiger partial charge on any atom is -0.353 e. The third-order valence-corrected chi connectivity index (χ3v) is 4.11. The molecule has 1 aliphatic rings. The molecular weight excluding hydrogens is 267 g/mol. The summed E-state index contributed by atoms with van der Waals surface area (Å²) < 4.78 is 38.5. The van der Waals surface area contributed by atoms with Gasteiger partial charge in [0.05, 0.1) is 0 Å². The zero-order valence-corrected chi connectivity index (χ0v) is 11.7. The highest BCUT2D eigenvalue weighted by Crippen LogP contribution is 2.33. The quantitative estimate of drug-likeness (QED) is 0.908. The lowest BCUT2D eigenvalue weighted by Crippen LogP contribution is -2.43. The molecule has 3 nitrogen and oxygen atoms in total. The lowest BCUT2D eigenvalue weighted by molar-refractivity contribution is -0.141. The maximum Gasteiger partial charge on any atom is 0.433 e. The number of hydrogen-bond donors (Lipinski definition) is 1. The van der Waals surface area contributed by atoms with Crippen molar-refractivity contribution >= 4 is 5.82 Å². The smallest absolute Gasteiger partial charge is 0.353 e. The molecule has 2 N–H and O–H groups in total. The number of anilines is 1. The molecule has 2 atom stereocenters. The van der Waals surface area contributed by atoms with Crippen LogP contribution < -0.4 is 10.6 Å². The van der Waals surface area contributed by atoms with Gasteiger partial charge in [-0.1, -0.05) is 13.0 Å². The van der Waals surface area contributed by atoms with Crippen LogP contribution in [0.4, 0.5) is 19.0 Å². The fraction of sp³-hybridized carbons (Fsp3) is 0.643. The molecule has 6 heteroatoms. The van der Waals surface area contributed by atoms with Gasteiger partial charge >= 0.3 is 6.18 Å². The summed E-state index contributed by atoms with van der Waals surface area (Å²) in [6.45, 7) is 5.07. The Hall–Kier alpha value is -1.30. The van der Waals surface area contributed by atoms with E-state index in [-0.39, 0.29) is 12.6 Å². The van der Waals surface area contributed by atoms with Crippen molar-refractivity contribution in [1.29, 1.82) is 0 Å². The molecule has 0 radical (unpaired) electrons. The van der Waals surface area contributed by atoms with Crippen LogP contribution in [0.3, 0.4) is 0 Å². The predicted molar refractivity (Wildman–Crippen MR) is 72.3 cm³/mol. The monoisotopic (exact) mass is 287 g/mol. The van der Waals surface area contributed by atoms with Crippen molar-refractivity contribution < 1.29 is 13.2 Å². The molecule has 1 aliphatic heterocycles. The van der Waals surface area contributed by atoms with Gasteiger partial charge in [-0.3, -0.25) is 0 Å². The summed E-state index contributed by atoms with van der Waals surface area (Å²) in [5, 5.41) is 0. The number of aromatic nitrogens is 1. The van der Waals surface area contributed by atoms with Crippen LogP contribution in [0.25, 0.3) is 0 Å². The number of pyridine rings is 1. The van der Waals surface area contributed by atoms with E-state index >= 15 is 0 Å². The molecule has 20 heavy (non-hydrogen) atoms. The predicted octanol–water partition coefficient (Wildman–Crippen LogP) is 3.18. The summed E-state index contributed by atoms with van der Waals surface area (Å²) in [6.07, 6.45) is -2.37. The third kappa shape index (κ3) is 2.90. The lowest BCUT2D eigenvalue weighted by atomic mass is 9.91. The van der Waals surface area contributed by atoms with Crippen LogP contribution in [0.2, 0.25) is 0 Å². The standard InChI is InChI=1S/C14H20F3N3/c1-9-4-3-7-20(10(9)2)13-11(8-18)5-6-12(19-13)14(15,16)17/h5-6,9-10H,3-4,7-8,18H2,1-2H3. The van der Waals surface area contributed by atoms with E-state index in [9.17, 15) is 13.2 Å². The van der Waals surface area contributed by atoms with Crippen molar-refractivity contribution in [3.8, 4) is 0 Å². The minimum atomic E-state index is -4.42. The zero-order chi connectivity index (χ0) is 14.9. The van der Waals surface area contributed by atoms with Crippen LogP contribution >= 0.6 is 0 Å². The highest BCUT2D eigenvalue weighted by atomic mass is 19.4. The van der Waals surface area contributed by atoms with Crippen LogP contribution in [0.1, 0.15) is 37.9 Å². The maximum atomic E-state index is 12.8. The molecule has 0 bridgehead atoms. The van der Waals surface area contributed by atoms with Crippen LogP contribution in [-0.2, 0) is 12.7 Å². The maximum absolute atomic E-state index is 12.8. The highest BCUT2D eigenvalue weighted by molar-refractivity contribution is 5.49. The normalized spacial score (nSPS) is 24.0. The van der Waals surface area contributed by atoms with Crippen LogP contribution in [-0.4, -0.2) is 17.6 Å². The summed E-state index contributed by atoms with van der Waals surface area (Å²) in [5.74, 6) is 0.826. The Kier molecular flexibility index (Phi) is 4.22. The number of piperidine rings is 1. The van der Waals surface area contributed by atoms with E-state index in [1.54, 1.807) is 0 Å². The van der Waals surface area contributed by atoms with E-state index in [2.05, 4.69) is 11.9 Å². The summed E-state index contributed by atoms with van der Waals surface area (Å²) in [5.41, 5.74) is 5.46. The fourth-order valence-electron chi connectivity index (χ4n) is 2.68. The minimum absolute atomic E-state index is 0.171. The Labute approximate surface area is 117 Å². The van der Waals surface area contributed by atoms with E-state index in [1.807, 2.05) is 11.8 Å². The summed E-state index contributed by atoms with van der Waals surface area (Å²) in [6, 6.07) is 2.62. The van der Waals surface area contributed by atoms with E-state index in [1.165, 1.54) is 6.07 Å². The first-order valence-corrected chi connectivity index (χ1v) is 6.88. The van der Waals surface area contributed by atoms with Crippen molar-refractivity contribution in [2.45, 2.75) is 45.5 Å². The SMILES string of the molecule is CC1CCCN(c2nc(C(F)(F)F)ccc2CN)C1C. The van der Waals surface area contributed by atoms with E-state index in [4.69, 9.17) is 5.73 Å². The first-order chi connectivity index (χ1) is 9.34. The molecule has 1 aromatic rings. The van der Waals surface area contributed by atoms with Crippen molar-refractivity contribution in [3.63, 3.8) is 0 Å². The van der Waals surface area contributed by atoms with Gasteiger partial charge in [0, 0.05) is 24.7 Å². The molecule has 0 amide bonds. The van der Waals surface area contributed by atoms with Gasteiger partial charge < -0.3 is 10.6 Å². The van der Waals surface area contributed by atoms with Gasteiger partial charge in [-0.05, 0) is 31.7 Å². The van der Waals surface area contributed by atoms with E-state index < -0.39 is 11.9 Å². The molecule has 1 saturated heterocycles. The van der Waals surface area contributed by atoms with Gasteiger partial charge in [-0.25, -0.2) is 4.98 Å². The van der Waals surface area contributed by atoms with Gasteiger partial charge in [0.15, 0.2) is 0 Å². The second-order valence-electron chi connectivity index (χ2n) is 5.43. The second kappa shape index (κ2) is 5.60. The topological polar surface area (TPSA) is 42.2 Å². The third-order valence-electron chi connectivity index (χ3n) is 4.11. The Balaban J connectivity index is 2.42. The van der Waals surface area contributed by atoms with Gasteiger partial charge in [0.1, 0.15) is 11.5 Å². The fourth-order valence-corrected chi connectivity index (χ4v) is 2.68. The first-order valence-electron chi connectivity index (χ1n) is 6.88. The van der Waals surface area contributed by atoms with Gasteiger partial charge in [0.25, 0.3) is 0 Å². The van der Waals surface area contributed by atoms with Gasteiger partial charge in [-0.15, -0.1) is 0 Å². The molecule has 2 unspecified atom stereocenters. The Bertz CT molecular complexity index is 473. The molecule has 1 fully saturated rings. The number of alkyl halides is 3. The number of rotatable bonds is 2.